The Labute approximate surface area is 131 Å². The van der Waals surface area contributed by atoms with Crippen molar-refractivity contribution < 1.29 is 74.3 Å². The van der Waals surface area contributed by atoms with E-state index < -0.39 is 35.2 Å². The molecular weight excluding hydrogens is 382 g/mol. The molecule has 0 saturated carbocycles. The van der Waals surface area contributed by atoms with Gasteiger partial charge in [0.1, 0.15) is 0 Å². The normalized spacial score (nSPS) is 5.05. The first-order chi connectivity index (χ1) is 5.91. The van der Waals surface area contributed by atoms with Gasteiger partial charge in [-0.25, -0.2) is 0 Å². The molecule has 144 valence electrons. The second-order valence-corrected chi connectivity index (χ2v) is 4.81. The molecule has 0 spiro atoms. The molecular formula is C6H27GaO15. The third-order valence-electron chi connectivity index (χ3n) is 0.787. The molecule has 0 saturated heterocycles. The number of carbonyl (C=O) groups excluding carboxylic acids is 3. The van der Waals surface area contributed by atoms with E-state index in [0.717, 1.165) is 20.8 Å². The van der Waals surface area contributed by atoms with Crippen LogP contribution in [0, 0.1) is 0 Å². The largest absolute Gasteiger partial charge is 0.412 e. The summed E-state index contributed by atoms with van der Waals surface area (Å²) in [6.45, 7) is 3.43. The minimum absolute atomic E-state index is 0. The van der Waals surface area contributed by atoms with Gasteiger partial charge in [-0.05, 0) is 0 Å². The molecule has 22 heavy (non-hydrogen) atoms. The predicted molar refractivity (Wildman–Crippen MR) is 73.6 cm³/mol. The van der Waals surface area contributed by atoms with Gasteiger partial charge in [0.15, 0.2) is 0 Å². The van der Waals surface area contributed by atoms with Crippen LogP contribution in [0.3, 0.4) is 0 Å². The van der Waals surface area contributed by atoms with Crippen molar-refractivity contribution in [2.24, 2.45) is 0 Å². The Morgan fingerprint density at radius 1 is 0.500 bits per heavy atom. The van der Waals surface area contributed by atoms with E-state index in [1.807, 2.05) is 0 Å². The molecule has 0 bridgehead atoms. The molecule has 0 rings (SSSR count). The maximum atomic E-state index is 10.5. The summed E-state index contributed by atoms with van der Waals surface area (Å²) in [5, 5.41) is 0. The van der Waals surface area contributed by atoms with Crippen molar-refractivity contribution in [1.82, 2.24) is 0 Å². The standard InChI is InChI=1S/3C2H4O2.Ga.9H2O/c3*1-2(3)4;;;;;;;;;;/h3*1H3,(H,3,4);;9*1H2/q;;;+3;;;;;;;;;/p-3. The Morgan fingerprint density at radius 3 is 0.727 bits per heavy atom. The molecule has 0 aliphatic carbocycles. The van der Waals surface area contributed by atoms with Crippen LogP contribution < -0.4 is 0 Å². The fraction of sp³-hybridized carbons (Fsp3) is 0.500. The third-order valence-corrected chi connectivity index (χ3v) is 4.09. The molecule has 0 aromatic heterocycles. The van der Waals surface area contributed by atoms with Crippen molar-refractivity contribution >= 4 is 35.2 Å². The van der Waals surface area contributed by atoms with Crippen LogP contribution in [-0.2, 0) is 25.0 Å². The maximum absolute atomic E-state index is 10.5. The van der Waals surface area contributed by atoms with E-state index in [1.165, 1.54) is 0 Å². The molecule has 0 atom stereocenters. The van der Waals surface area contributed by atoms with Gasteiger partial charge in [0, 0.05) is 0 Å². The molecule has 0 unspecified atom stereocenters. The van der Waals surface area contributed by atoms with Gasteiger partial charge in [0.2, 0.25) is 0 Å². The molecule has 15 nitrogen and oxygen atoms in total. The number of carbonyl (C=O) groups is 3. The van der Waals surface area contributed by atoms with Crippen LogP contribution >= 0.6 is 0 Å². The van der Waals surface area contributed by atoms with E-state index in [2.05, 4.69) is 10.6 Å². The maximum Gasteiger partial charge on any atom is -0.412 e. The van der Waals surface area contributed by atoms with Gasteiger partial charge < -0.3 is 49.3 Å². The van der Waals surface area contributed by atoms with Crippen LogP contribution in [0.15, 0.2) is 0 Å². The van der Waals surface area contributed by atoms with Gasteiger partial charge in [-0.15, -0.1) is 0 Å². The topological polar surface area (TPSA) is 362 Å². The smallest absolute Gasteiger partial charge is 0.412 e. The molecule has 18 N–H and O–H groups in total. The number of hydrogen-bond acceptors (Lipinski definition) is 6. The molecule has 0 aromatic rings. The second kappa shape index (κ2) is 36.7. The monoisotopic (exact) mass is 408 g/mol. The molecule has 16 heteroatoms. The summed E-state index contributed by atoms with van der Waals surface area (Å²) >= 11 is -3.43. The van der Waals surface area contributed by atoms with Crippen LogP contribution in [0.5, 0.6) is 0 Å². The van der Waals surface area contributed by atoms with Crippen LogP contribution in [0.25, 0.3) is 0 Å². The zero-order chi connectivity index (χ0) is 10.4. The molecule has 0 aliphatic rings. The summed E-state index contributed by atoms with van der Waals surface area (Å²) in [7, 11) is 0. The Bertz CT molecular complexity index is 194. The first kappa shape index (κ1) is 70.2. The van der Waals surface area contributed by atoms with Crippen molar-refractivity contribution in [3.8, 4) is 0 Å². The zero-order valence-electron chi connectivity index (χ0n) is 12.0. The van der Waals surface area contributed by atoms with E-state index in [0.29, 0.717) is 0 Å². The summed E-state index contributed by atoms with van der Waals surface area (Å²) in [5.41, 5.74) is 0. The molecule has 0 fully saturated rings. The first-order valence-corrected chi connectivity index (χ1v) is 6.40. The molecule has 0 heterocycles. The van der Waals surface area contributed by atoms with Gasteiger partial charge in [-0.3, -0.25) is 0 Å². The SMILES string of the molecule is CC(=O)[O][Ga]([O]C(C)=O)[O]C(C)=O.O.O.O.O.O.O.O.O.O. The molecule has 0 aliphatic heterocycles. The van der Waals surface area contributed by atoms with Crippen molar-refractivity contribution in [2.45, 2.75) is 20.8 Å². The van der Waals surface area contributed by atoms with E-state index in [4.69, 9.17) is 0 Å². The number of hydrogen-bond donors (Lipinski definition) is 0. The minimum atomic E-state index is -3.43. The molecule has 0 aromatic carbocycles. The summed E-state index contributed by atoms with van der Waals surface area (Å²) in [6.07, 6.45) is 0. The first-order valence-electron chi connectivity index (χ1n) is 3.43. The Kier molecular flexibility index (Phi) is 117. The zero-order valence-corrected chi connectivity index (χ0v) is 14.4. The van der Waals surface area contributed by atoms with Gasteiger partial charge in [0.05, 0.1) is 0 Å². The van der Waals surface area contributed by atoms with Crippen LogP contribution in [0.4, 0.5) is 0 Å². The van der Waals surface area contributed by atoms with E-state index in [9.17, 15) is 14.4 Å². The Morgan fingerprint density at radius 2 is 0.636 bits per heavy atom. The quantitative estimate of drug-likeness (QED) is 0.407. The minimum Gasteiger partial charge on any atom is -0.412 e. The van der Waals surface area contributed by atoms with E-state index in [1.54, 1.807) is 0 Å². The van der Waals surface area contributed by atoms with Gasteiger partial charge >= 0.3 is 81.0 Å². The average Bonchev–Trinajstić information content (AvgIpc) is 1.80. The summed E-state index contributed by atoms with van der Waals surface area (Å²) < 4.78 is 13.6. The van der Waals surface area contributed by atoms with Crippen molar-refractivity contribution in [3.63, 3.8) is 0 Å². The van der Waals surface area contributed by atoms with Crippen LogP contribution in [0.1, 0.15) is 20.8 Å². The predicted octanol–water partition coefficient (Wildman–Crippen LogP) is -7.76. The van der Waals surface area contributed by atoms with Crippen LogP contribution in [-0.4, -0.2) is 84.5 Å². The van der Waals surface area contributed by atoms with Gasteiger partial charge in [-0.2, -0.15) is 0 Å². The number of rotatable bonds is 3. The van der Waals surface area contributed by atoms with E-state index >= 15 is 0 Å². The van der Waals surface area contributed by atoms with Crippen LogP contribution in [0.2, 0.25) is 0 Å². The molecule has 0 amide bonds. The summed E-state index contributed by atoms with van der Waals surface area (Å²) in [6, 6.07) is 0. The van der Waals surface area contributed by atoms with Gasteiger partial charge in [-0.1, -0.05) is 0 Å². The van der Waals surface area contributed by atoms with E-state index in [-0.39, 0.29) is 49.3 Å². The van der Waals surface area contributed by atoms with Gasteiger partial charge in [0.25, 0.3) is 0 Å². The summed E-state index contributed by atoms with van der Waals surface area (Å²) in [5.74, 6) is -1.90. The summed E-state index contributed by atoms with van der Waals surface area (Å²) in [4.78, 5) is 31.4. The third kappa shape index (κ3) is 51.2. The van der Waals surface area contributed by atoms with Crippen molar-refractivity contribution in [2.75, 3.05) is 0 Å². The average molecular weight is 409 g/mol. The van der Waals surface area contributed by atoms with Crippen molar-refractivity contribution in [3.05, 3.63) is 0 Å². The fourth-order valence-electron chi connectivity index (χ4n) is 0.479. The Balaban J connectivity index is -0.0000000200. The fourth-order valence-corrected chi connectivity index (χ4v) is 2.49. The second-order valence-electron chi connectivity index (χ2n) is 2.12. The van der Waals surface area contributed by atoms with Crippen molar-refractivity contribution in [1.29, 1.82) is 0 Å². The Hall–Kier alpha value is -1.31. The molecule has 0 radical (unpaired) electrons.